The Bertz CT molecular complexity index is 636. The van der Waals surface area contributed by atoms with Gasteiger partial charge in [0.05, 0.1) is 6.10 Å². The lowest BCUT2D eigenvalue weighted by Gasteiger charge is -2.23. The lowest BCUT2D eigenvalue weighted by molar-refractivity contribution is 0.155. The van der Waals surface area contributed by atoms with E-state index in [0.29, 0.717) is 0 Å². The van der Waals surface area contributed by atoms with Crippen molar-refractivity contribution in [1.29, 1.82) is 0 Å². The normalized spacial score (nSPS) is 12.7. The van der Waals surface area contributed by atoms with E-state index in [-0.39, 0.29) is 6.10 Å². The van der Waals surface area contributed by atoms with Crippen molar-refractivity contribution in [3.63, 3.8) is 0 Å². The van der Waals surface area contributed by atoms with Crippen molar-refractivity contribution in [3.8, 4) is 0 Å². The predicted octanol–water partition coefficient (Wildman–Crippen LogP) is 7.12. The number of aliphatic hydroxyl groups is 1. The largest absolute Gasteiger partial charge is 0.388 e. The fourth-order valence-corrected chi connectivity index (χ4v) is 4.06. The molecule has 2 heteroatoms. The van der Waals surface area contributed by atoms with Gasteiger partial charge in [0.2, 0.25) is 0 Å². The van der Waals surface area contributed by atoms with Crippen LogP contribution in [-0.2, 0) is 0 Å². The van der Waals surface area contributed by atoms with Gasteiger partial charge in [-0.3, -0.25) is 0 Å². The van der Waals surface area contributed by atoms with Crippen molar-refractivity contribution < 1.29 is 5.11 Å². The molecule has 2 aromatic rings. The molecule has 0 amide bonds. The highest BCUT2D eigenvalue weighted by Gasteiger charge is 2.12. The molecule has 0 bridgehead atoms. The molecule has 0 aliphatic heterocycles. The monoisotopic (exact) mass is 383 g/mol. The van der Waals surface area contributed by atoms with Gasteiger partial charge in [0.15, 0.2) is 0 Å². The Morgan fingerprint density at radius 3 is 2.00 bits per heavy atom. The summed E-state index contributed by atoms with van der Waals surface area (Å²) in [5, 5.41) is 13.2. The second-order valence-corrected chi connectivity index (χ2v) is 8.19. The molecule has 0 aliphatic carbocycles. The molecular weight excluding hydrogens is 342 g/mol. The molecule has 0 radical (unpaired) electrons. The number of nitrogens with zero attached hydrogens (tertiary/aromatic N) is 1. The first kappa shape index (κ1) is 22.9. The first-order valence-electron chi connectivity index (χ1n) is 11.6. The molecule has 0 unspecified atom stereocenters. The fourth-order valence-electron chi connectivity index (χ4n) is 4.06. The highest BCUT2D eigenvalue weighted by Crippen LogP contribution is 2.27. The number of aliphatic hydroxyl groups excluding tert-OH is 1. The molecule has 0 fully saturated rings. The van der Waals surface area contributed by atoms with E-state index in [9.17, 15) is 5.11 Å². The first-order chi connectivity index (χ1) is 13.8. The molecule has 1 atom stereocenters. The Kier molecular flexibility index (Phi) is 11.2. The summed E-state index contributed by atoms with van der Waals surface area (Å²) in [5.41, 5.74) is 1.08. The molecule has 0 saturated carbocycles. The summed E-state index contributed by atoms with van der Waals surface area (Å²) >= 11 is 0. The van der Waals surface area contributed by atoms with Gasteiger partial charge in [-0.2, -0.15) is 0 Å². The van der Waals surface area contributed by atoms with E-state index in [1.54, 1.807) is 0 Å². The van der Waals surface area contributed by atoms with E-state index < -0.39 is 0 Å². The molecule has 28 heavy (non-hydrogen) atoms. The van der Waals surface area contributed by atoms with E-state index in [1.807, 2.05) is 0 Å². The molecule has 0 heterocycles. The zero-order chi connectivity index (χ0) is 20.0. The minimum Gasteiger partial charge on any atom is -0.388 e. The van der Waals surface area contributed by atoms with E-state index in [4.69, 9.17) is 0 Å². The first-order valence-corrected chi connectivity index (χ1v) is 11.6. The average molecular weight is 384 g/mol. The molecule has 2 nitrogen and oxygen atoms in total. The molecule has 2 aromatic carbocycles. The van der Waals surface area contributed by atoms with E-state index in [2.05, 4.69) is 61.2 Å². The second-order valence-electron chi connectivity index (χ2n) is 8.19. The van der Waals surface area contributed by atoms with Gasteiger partial charge in [-0.1, -0.05) is 94.8 Å². The Morgan fingerprint density at radius 2 is 1.32 bits per heavy atom. The number of hydrogen-bond donors (Lipinski definition) is 1. The maximum Gasteiger partial charge on any atom is 0.0796 e. The topological polar surface area (TPSA) is 23.5 Å². The van der Waals surface area contributed by atoms with Gasteiger partial charge in [-0.25, -0.2) is 0 Å². The fraction of sp³-hybridized carbons (Fsp3) is 0.615. The van der Waals surface area contributed by atoms with Crippen molar-refractivity contribution in [2.75, 3.05) is 19.6 Å². The SMILES string of the molecule is CCCCCCN(CCCCCC)CCC[C@@H](O)c1cccc2ccccc12. The Labute approximate surface area is 173 Å². The van der Waals surface area contributed by atoms with Crippen molar-refractivity contribution in [2.24, 2.45) is 0 Å². The van der Waals surface area contributed by atoms with Crippen LogP contribution in [0.3, 0.4) is 0 Å². The third kappa shape index (κ3) is 7.93. The summed E-state index contributed by atoms with van der Waals surface area (Å²) in [6, 6.07) is 14.6. The molecule has 2 rings (SSSR count). The molecular formula is C26H41NO. The number of benzene rings is 2. The zero-order valence-corrected chi connectivity index (χ0v) is 18.2. The minimum atomic E-state index is -0.367. The number of rotatable bonds is 15. The van der Waals surface area contributed by atoms with Gasteiger partial charge >= 0.3 is 0 Å². The molecule has 0 spiro atoms. The van der Waals surface area contributed by atoms with Crippen LogP contribution in [0.5, 0.6) is 0 Å². The van der Waals surface area contributed by atoms with Gasteiger partial charge < -0.3 is 10.0 Å². The van der Waals surface area contributed by atoms with Gasteiger partial charge in [-0.15, -0.1) is 0 Å². The van der Waals surface area contributed by atoms with Crippen LogP contribution in [0.2, 0.25) is 0 Å². The van der Waals surface area contributed by atoms with Crippen LogP contribution >= 0.6 is 0 Å². The molecule has 0 aliphatic rings. The zero-order valence-electron chi connectivity index (χ0n) is 18.2. The summed E-state index contributed by atoms with van der Waals surface area (Å²) in [5.74, 6) is 0. The third-order valence-corrected chi connectivity index (χ3v) is 5.79. The maximum absolute atomic E-state index is 10.8. The van der Waals surface area contributed by atoms with E-state index in [1.165, 1.54) is 75.2 Å². The molecule has 156 valence electrons. The lowest BCUT2D eigenvalue weighted by atomic mass is 9.98. The van der Waals surface area contributed by atoms with Crippen molar-refractivity contribution in [3.05, 3.63) is 48.0 Å². The van der Waals surface area contributed by atoms with E-state index >= 15 is 0 Å². The quantitative estimate of drug-likeness (QED) is 0.331. The maximum atomic E-state index is 10.8. The minimum absolute atomic E-state index is 0.367. The Balaban J connectivity index is 1.82. The highest BCUT2D eigenvalue weighted by atomic mass is 16.3. The predicted molar refractivity (Wildman–Crippen MR) is 123 cm³/mol. The standard InChI is InChI=1S/C26H41NO/c1-3-5-7-11-20-27(21-12-8-6-4-2)22-14-19-26(28)25-18-13-16-23-15-9-10-17-24(23)25/h9-10,13,15-18,26,28H,3-8,11-12,14,19-22H2,1-2H3/t26-/m1/s1. The average Bonchev–Trinajstić information content (AvgIpc) is 2.73. The summed E-state index contributed by atoms with van der Waals surface area (Å²) in [6.07, 6.45) is 12.2. The van der Waals surface area contributed by atoms with Crippen LogP contribution in [0.25, 0.3) is 10.8 Å². The Morgan fingerprint density at radius 1 is 0.714 bits per heavy atom. The van der Waals surface area contributed by atoms with Crippen molar-refractivity contribution in [2.45, 2.75) is 84.2 Å². The molecule has 0 aromatic heterocycles. The van der Waals surface area contributed by atoms with Crippen molar-refractivity contribution in [1.82, 2.24) is 4.90 Å². The Hall–Kier alpha value is -1.38. The van der Waals surface area contributed by atoms with Gasteiger partial charge in [-0.05, 0) is 61.7 Å². The third-order valence-electron chi connectivity index (χ3n) is 5.79. The van der Waals surface area contributed by atoms with Gasteiger partial charge in [0.1, 0.15) is 0 Å². The number of fused-ring (bicyclic) bond motifs is 1. The van der Waals surface area contributed by atoms with Crippen LogP contribution in [0.15, 0.2) is 42.5 Å². The van der Waals surface area contributed by atoms with E-state index in [0.717, 1.165) is 24.9 Å². The smallest absolute Gasteiger partial charge is 0.0796 e. The van der Waals surface area contributed by atoms with Crippen LogP contribution in [0.4, 0.5) is 0 Å². The number of unbranched alkanes of at least 4 members (excludes halogenated alkanes) is 6. The molecule has 0 saturated heterocycles. The van der Waals surface area contributed by atoms with Crippen molar-refractivity contribution >= 4 is 10.8 Å². The summed E-state index contributed by atoms with van der Waals surface area (Å²) in [4.78, 5) is 2.64. The second kappa shape index (κ2) is 13.7. The van der Waals surface area contributed by atoms with Crippen LogP contribution in [-0.4, -0.2) is 29.6 Å². The summed E-state index contributed by atoms with van der Waals surface area (Å²) in [6.45, 7) is 8.10. The highest BCUT2D eigenvalue weighted by molar-refractivity contribution is 5.85. The molecule has 1 N–H and O–H groups in total. The summed E-state index contributed by atoms with van der Waals surface area (Å²) < 4.78 is 0. The lowest BCUT2D eigenvalue weighted by Crippen LogP contribution is -2.27. The van der Waals surface area contributed by atoms with Gasteiger partial charge in [0, 0.05) is 0 Å². The van der Waals surface area contributed by atoms with Gasteiger partial charge in [0.25, 0.3) is 0 Å². The summed E-state index contributed by atoms with van der Waals surface area (Å²) in [7, 11) is 0. The number of hydrogen-bond acceptors (Lipinski definition) is 2. The van der Waals surface area contributed by atoms with Crippen LogP contribution < -0.4 is 0 Å². The van der Waals surface area contributed by atoms with Crippen LogP contribution in [0.1, 0.15) is 89.7 Å². The van der Waals surface area contributed by atoms with Crippen LogP contribution in [0, 0.1) is 0 Å².